The topological polar surface area (TPSA) is 25.8 Å². The van der Waals surface area contributed by atoms with Crippen molar-refractivity contribution in [1.82, 2.24) is 9.97 Å². The number of hydrogen-bond acceptors (Lipinski definition) is 2. The van der Waals surface area contributed by atoms with Crippen LogP contribution in [0.25, 0.3) is 110 Å². The van der Waals surface area contributed by atoms with Crippen molar-refractivity contribution in [3.05, 3.63) is 205 Å². The maximum absolute atomic E-state index is 5.49. The van der Waals surface area contributed by atoms with Crippen molar-refractivity contribution >= 4 is 53.9 Å². The van der Waals surface area contributed by atoms with Gasteiger partial charge in [0.2, 0.25) is 0 Å². The third-order valence-corrected chi connectivity index (χ3v) is 12.8. The predicted molar refractivity (Wildman–Crippen MR) is 249 cm³/mol. The van der Waals surface area contributed by atoms with Crippen LogP contribution in [0, 0.1) is 0 Å². The lowest BCUT2D eigenvalue weighted by atomic mass is 9.78. The van der Waals surface area contributed by atoms with E-state index in [1.165, 1.54) is 87.2 Å². The number of benzene rings is 10. The normalized spacial score (nSPS) is 13.1. The molecular formula is C57H38N2. The largest absolute Gasteiger partial charge is 0.228 e. The van der Waals surface area contributed by atoms with E-state index in [2.05, 4.69) is 208 Å². The zero-order chi connectivity index (χ0) is 39.2. The molecule has 12 rings (SSSR count). The van der Waals surface area contributed by atoms with Crippen molar-refractivity contribution in [2.24, 2.45) is 0 Å². The lowest BCUT2D eigenvalue weighted by Crippen LogP contribution is -2.18. The van der Waals surface area contributed by atoms with E-state index in [-0.39, 0.29) is 5.41 Å². The van der Waals surface area contributed by atoms with E-state index in [0.29, 0.717) is 0 Å². The zero-order valence-electron chi connectivity index (χ0n) is 32.9. The molecule has 2 nitrogen and oxygen atoms in total. The molecule has 0 bridgehead atoms. The van der Waals surface area contributed by atoms with Crippen LogP contribution in [0.3, 0.4) is 0 Å². The molecule has 0 amide bonds. The van der Waals surface area contributed by atoms with Crippen molar-refractivity contribution < 1.29 is 0 Å². The van der Waals surface area contributed by atoms with Gasteiger partial charge in [0, 0.05) is 27.7 Å². The van der Waals surface area contributed by atoms with Gasteiger partial charge in [-0.25, -0.2) is 9.97 Å². The van der Waals surface area contributed by atoms with Gasteiger partial charge in [-0.05, 0) is 99.9 Å². The summed E-state index contributed by atoms with van der Waals surface area (Å²) in [5.74, 6) is 0.740. The first-order chi connectivity index (χ1) is 29.0. The summed E-state index contributed by atoms with van der Waals surface area (Å²) in [7, 11) is 0. The van der Waals surface area contributed by atoms with Gasteiger partial charge in [0.25, 0.3) is 0 Å². The summed E-state index contributed by atoms with van der Waals surface area (Å²) in [5, 5.41) is 12.8. The second-order valence-electron chi connectivity index (χ2n) is 16.5. The van der Waals surface area contributed by atoms with Crippen LogP contribution in [0.15, 0.2) is 194 Å². The molecule has 1 aromatic heterocycles. The van der Waals surface area contributed by atoms with Gasteiger partial charge in [-0.3, -0.25) is 0 Å². The fourth-order valence-electron chi connectivity index (χ4n) is 10.1. The van der Waals surface area contributed by atoms with Crippen LogP contribution in [0.4, 0.5) is 0 Å². The van der Waals surface area contributed by atoms with Gasteiger partial charge in [-0.2, -0.15) is 0 Å². The first kappa shape index (κ1) is 33.7. The van der Waals surface area contributed by atoms with E-state index in [9.17, 15) is 0 Å². The van der Waals surface area contributed by atoms with E-state index >= 15 is 0 Å². The Bertz CT molecular complexity index is 3490. The molecule has 1 aliphatic carbocycles. The van der Waals surface area contributed by atoms with Crippen LogP contribution >= 0.6 is 0 Å². The fourth-order valence-corrected chi connectivity index (χ4v) is 10.1. The second-order valence-corrected chi connectivity index (χ2v) is 16.5. The van der Waals surface area contributed by atoms with Crippen LogP contribution in [-0.4, -0.2) is 9.97 Å². The van der Waals surface area contributed by atoms with E-state index in [1.807, 2.05) is 0 Å². The molecule has 11 aromatic rings. The fraction of sp³-hybridized carbons (Fsp3) is 0.0526. The van der Waals surface area contributed by atoms with Gasteiger partial charge < -0.3 is 0 Å². The number of rotatable bonds is 4. The van der Waals surface area contributed by atoms with E-state index in [4.69, 9.17) is 9.97 Å². The minimum atomic E-state index is -0.361. The van der Waals surface area contributed by atoms with E-state index in [1.54, 1.807) is 0 Å². The molecule has 0 unspecified atom stereocenters. The molecule has 59 heavy (non-hydrogen) atoms. The monoisotopic (exact) mass is 750 g/mol. The Kier molecular flexibility index (Phi) is 7.31. The number of nitrogens with zero attached hydrogens (tertiary/aromatic N) is 2. The van der Waals surface area contributed by atoms with Gasteiger partial charge in [0.05, 0.1) is 11.4 Å². The van der Waals surface area contributed by atoms with Crippen molar-refractivity contribution in [3.63, 3.8) is 0 Å². The SMILES string of the molecule is CC1(C)c2c(-c3cccc(-c4cccc(-c5ccc6c7ccccc7c7ccccc7c6c5)c4)c3)nc(-c3ccccc3)nc2-c2c1c1ccccc1c1ccccc21. The highest BCUT2D eigenvalue weighted by atomic mass is 14.9. The predicted octanol–water partition coefficient (Wildman–Crippen LogP) is 15.2. The molecule has 0 saturated heterocycles. The lowest BCUT2D eigenvalue weighted by molar-refractivity contribution is 0.664. The van der Waals surface area contributed by atoms with Crippen molar-refractivity contribution in [2.75, 3.05) is 0 Å². The molecule has 0 N–H and O–H groups in total. The Morgan fingerprint density at radius 1 is 0.288 bits per heavy atom. The molecule has 10 aromatic carbocycles. The van der Waals surface area contributed by atoms with Gasteiger partial charge >= 0.3 is 0 Å². The molecule has 0 saturated carbocycles. The zero-order valence-corrected chi connectivity index (χ0v) is 32.9. The summed E-state index contributed by atoms with van der Waals surface area (Å²) in [6.45, 7) is 4.72. The van der Waals surface area contributed by atoms with E-state index in [0.717, 1.165) is 33.9 Å². The highest BCUT2D eigenvalue weighted by molar-refractivity contribution is 6.26. The average Bonchev–Trinajstić information content (AvgIpc) is 3.55. The summed E-state index contributed by atoms with van der Waals surface area (Å²) in [4.78, 5) is 11.0. The molecule has 0 atom stereocenters. The standard InChI is InChI=1S/C57H38N2/c1-57(2)52-49-29-13-11-26-45(49)44-25-10-12-28-48(44)51(52)55-53(57)54(58-56(59-55)35-16-4-3-5-17-35)40-21-15-20-38(33-40)36-18-14-19-37(32-36)39-30-31-47-43-24-7-6-22-41(43)42-23-8-9-27-46(42)50(47)34-39/h3-34H,1-2H3. The summed E-state index contributed by atoms with van der Waals surface area (Å²) in [6, 6.07) is 70.6. The molecule has 0 radical (unpaired) electrons. The van der Waals surface area contributed by atoms with Gasteiger partial charge in [0.1, 0.15) is 0 Å². The van der Waals surface area contributed by atoms with Gasteiger partial charge in [-0.1, -0.05) is 190 Å². The Hall–Kier alpha value is -7.42. The molecular weight excluding hydrogens is 713 g/mol. The highest BCUT2D eigenvalue weighted by Crippen LogP contribution is 2.56. The van der Waals surface area contributed by atoms with Crippen LogP contribution in [0.5, 0.6) is 0 Å². The highest BCUT2D eigenvalue weighted by Gasteiger charge is 2.42. The third kappa shape index (κ3) is 5.06. The number of hydrogen-bond donors (Lipinski definition) is 0. The Morgan fingerprint density at radius 3 is 1.31 bits per heavy atom. The molecule has 0 aliphatic heterocycles. The third-order valence-electron chi connectivity index (χ3n) is 12.8. The Morgan fingerprint density at radius 2 is 0.695 bits per heavy atom. The molecule has 1 heterocycles. The molecule has 0 spiro atoms. The van der Waals surface area contributed by atoms with Crippen molar-refractivity contribution in [3.8, 4) is 56.2 Å². The Labute approximate surface area is 343 Å². The minimum absolute atomic E-state index is 0.361. The minimum Gasteiger partial charge on any atom is -0.228 e. The van der Waals surface area contributed by atoms with Crippen molar-refractivity contribution in [2.45, 2.75) is 19.3 Å². The summed E-state index contributed by atoms with van der Waals surface area (Å²) >= 11 is 0. The first-order valence-corrected chi connectivity index (χ1v) is 20.5. The average molecular weight is 751 g/mol. The number of aromatic nitrogens is 2. The molecule has 2 heteroatoms. The summed E-state index contributed by atoms with van der Waals surface area (Å²) < 4.78 is 0. The first-order valence-electron chi connectivity index (χ1n) is 20.5. The van der Waals surface area contributed by atoms with Crippen LogP contribution in [0.2, 0.25) is 0 Å². The number of fused-ring (bicyclic) bond motifs is 14. The summed E-state index contributed by atoms with van der Waals surface area (Å²) in [5.41, 5.74) is 12.2. The van der Waals surface area contributed by atoms with Crippen molar-refractivity contribution in [1.29, 1.82) is 0 Å². The van der Waals surface area contributed by atoms with Crippen LogP contribution < -0.4 is 0 Å². The lowest BCUT2D eigenvalue weighted by Gasteiger charge is -2.25. The quantitative estimate of drug-likeness (QED) is 0.167. The van der Waals surface area contributed by atoms with Crippen LogP contribution in [-0.2, 0) is 5.41 Å². The molecule has 1 aliphatic rings. The maximum atomic E-state index is 5.49. The summed E-state index contributed by atoms with van der Waals surface area (Å²) in [6.07, 6.45) is 0. The maximum Gasteiger partial charge on any atom is 0.160 e. The van der Waals surface area contributed by atoms with Gasteiger partial charge in [0.15, 0.2) is 5.82 Å². The molecule has 0 fully saturated rings. The van der Waals surface area contributed by atoms with Crippen LogP contribution in [0.1, 0.15) is 25.0 Å². The molecule has 276 valence electrons. The van der Waals surface area contributed by atoms with E-state index < -0.39 is 0 Å². The smallest absolute Gasteiger partial charge is 0.160 e. The Balaban J connectivity index is 1.04. The van der Waals surface area contributed by atoms with Gasteiger partial charge in [-0.15, -0.1) is 0 Å². The second kappa shape index (κ2) is 12.8.